The molecule has 3 N–H and O–H groups in total. The second-order valence-electron chi connectivity index (χ2n) is 4.43. The predicted molar refractivity (Wildman–Crippen MR) is 64.3 cm³/mol. The Bertz CT molecular complexity index is 459. The standard InChI is InChI=1S/C12H16FN3O/c1-7(2)16-10(6-15-12(16)14)8-3-4-11(17)9(13)5-8/h3-5,7,10,17H,6H2,1-2H3,(H2,14,15). The van der Waals surface area contributed by atoms with Gasteiger partial charge >= 0.3 is 0 Å². The summed E-state index contributed by atoms with van der Waals surface area (Å²) < 4.78 is 13.3. The van der Waals surface area contributed by atoms with Crippen LogP contribution in [0.3, 0.4) is 0 Å². The van der Waals surface area contributed by atoms with Crippen LogP contribution >= 0.6 is 0 Å². The van der Waals surface area contributed by atoms with Crippen LogP contribution in [0.15, 0.2) is 23.2 Å². The number of rotatable bonds is 2. The van der Waals surface area contributed by atoms with Crippen LogP contribution < -0.4 is 5.73 Å². The van der Waals surface area contributed by atoms with Crippen LogP contribution in [0.5, 0.6) is 5.75 Å². The summed E-state index contributed by atoms with van der Waals surface area (Å²) in [4.78, 5) is 6.13. The fraction of sp³-hybridized carbons (Fsp3) is 0.417. The molecule has 1 heterocycles. The number of phenolic OH excluding ortho intramolecular Hbond substituents is 1. The third-order valence-corrected chi connectivity index (χ3v) is 2.94. The molecule has 0 aromatic heterocycles. The Morgan fingerprint density at radius 1 is 1.53 bits per heavy atom. The van der Waals surface area contributed by atoms with Crippen molar-refractivity contribution in [1.82, 2.24) is 4.90 Å². The Balaban J connectivity index is 2.31. The number of halogens is 1. The van der Waals surface area contributed by atoms with Gasteiger partial charge in [-0.1, -0.05) is 6.07 Å². The minimum absolute atomic E-state index is 0.0508. The lowest BCUT2D eigenvalue weighted by molar-refractivity contribution is 0.289. The van der Waals surface area contributed by atoms with Gasteiger partial charge < -0.3 is 15.7 Å². The molecule has 1 atom stereocenters. The third kappa shape index (κ3) is 2.05. The van der Waals surface area contributed by atoms with Crippen LogP contribution in [0.1, 0.15) is 25.5 Å². The quantitative estimate of drug-likeness (QED) is 0.821. The lowest BCUT2D eigenvalue weighted by atomic mass is 10.0. The SMILES string of the molecule is CC(C)N1C(N)=NCC1c1ccc(O)c(F)c1. The summed E-state index contributed by atoms with van der Waals surface area (Å²) in [5, 5.41) is 9.17. The van der Waals surface area contributed by atoms with E-state index in [0.29, 0.717) is 12.5 Å². The van der Waals surface area contributed by atoms with E-state index in [1.54, 1.807) is 6.07 Å². The fourth-order valence-corrected chi connectivity index (χ4v) is 2.13. The fourth-order valence-electron chi connectivity index (χ4n) is 2.13. The lowest BCUT2D eigenvalue weighted by Gasteiger charge is -2.30. The summed E-state index contributed by atoms with van der Waals surface area (Å²) in [6, 6.07) is 4.54. The van der Waals surface area contributed by atoms with E-state index in [1.165, 1.54) is 12.1 Å². The van der Waals surface area contributed by atoms with Gasteiger partial charge in [-0.25, -0.2) is 4.39 Å². The number of aromatic hydroxyl groups is 1. The minimum atomic E-state index is -0.614. The van der Waals surface area contributed by atoms with Crippen LogP contribution in [0.2, 0.25) is 0 Å². The smallest absolute Gasteiger partial charge is 0.192 e. The van der Waals surface area contributed by atoms with Crippen molar-refractivity contribution in [3.63, 3.8) is 0 Å². The molecule has 0 radical (unpaired) electrons. The zero-order valence-corrected chi connectivity index (χ0v) is 9.89. The van der Waals surface area contributed by atoms with Gasteiger partial charge in [0, 0.05) is 6.04 Å². The number of hydrogen-bond donors (Lipinski definition) is 2. The van der Waals surface area contributed by atoms with Crippen molar-refractivity contribution in [2.45, 2.75) is 25.9 Å². The Labute approximate surface area is 99.6 Å². The summed E-state index contributed by atoms with van der Waals surface area (Å²) in [5.41, 5.74) is 6.58. The van der Waals surface area contributed by atoms with Gasteiger partial charge in [0.15, 0.2) is 17.5 Å². The Morgan fingerprint density at radius 2 is 2.24 bits per heavy atom. The van der Waals surface area contributed by atoms with Crippen LogP contribution in [0.25, 0.3) is 0 Å². The Kier molecular flexibility index (Phi) is 2.92. The van der Waals surface area contributed by atoms with Crippen LogP contribution in [0.4, 0.5) is 4.39 Å². The zero-order chi connectivity index (χ0) is 12.6. The van der Waals surface area contributed by atoms with E-state index in [4.69, 9.17) is 5.73 Å². The molecule has 1 aliphatic rings. The van der Waals surface area contributed by atoms with Crippen LogP contribution in [-0.4, -0.2) is 28.6 Å². The molecule has 1 aromatic carbocycles. The molecule has 2 rings (SSSR count). The van der Waals surface area contributed by atoms with E-state index in [1.807, 2.05) is 18.7 Å². The number of guanidine groups is 1. The van der Waals surface area contributed by atoms with Crippen molar-refractivity contribution < 1.29 is 9.50 Å². The number of nitrogens with two attached hydrogens (primary N) is 1. The molecule has 5 heteroatoms. The molecule has 0 saturated carbocycles. The molecule has 92 valence electrons. The molecule has 1 aliphatic heterocycles. The van der Waals surface area contributed by atoms with E-state index in [2.05, 4.69) is 4.99 Å². The van der Waals surface area contributed by atoms with Gasteiger partial charge in [0.05, 0.1) is 12.6 Å². The van der Waals surface area contributed by atoms with E-state index >= 15 is 0 Å². The number of hydrogen-bond acceptors (Lipinski definition) is 4. The van der Waals surface area contributed by atoms with Gasteiger partial charge in [0.25, 0.3) is 0 Å². The van der Waals surface area contributed by atoms with Gasteiger partial charge in [-0.2, -0.15) is 0 Å². The average molecular weight is 237 g/mol. The highest BCUT2D eigenvalue weighted by atomic mass is 19.1. The first-order chi connectivity index (χ1) is 8.00. The maximum atomic E-state index is 13.3. The highest BCUT2D eigenvalue weighted by Crippen LogP contribution is 2.29. The predicted octanol–water partition coefficient (Wildman–Crippen LogP) is 1.61. The Morgan fingerprint density at radius 3 is 2.82 bits per heavy atom. The van der Waals surface area contributed by atoms with E-state index in [-0.39, 0.29) is 17.8 Å². The zero-order valence-electron chi connectivity index (χ0n) is 9.89. The van der Waals surface area contributed by atoms with Gasteiger partial charge in [-0.3, -0.25) is 4.99 Å². The van der Waals surface area contributed by atoms with Crippen molar-refractivity contribution >= 4 is 5.96 Å². The number of nitrogens with zero attached hydrogens (tertiary/aromatic N) is 2. The summed E-state index contributed by atoms with van der Waals surface area (Å²) in [6.45, 7) is 4.54. The minimum Gasteiger partial charge on any atom is -0.505 e. The maximum Gasteiger partial charge on any atom is 0.192 e. The summed E-state index contributed by atoms with van der Waals surface area (Å²) >= 11 is 0. The van der Waals surface area contributed by atoms with Crippen molar-refractivity contribution in [2.75, 3.05) is 6.54 Å². The number of phenols is 1. The monoisotopic (exact) mass is 237 g/mol. The van der Waals surface area contributed by atoms with Crippen molar-refractivity contribution in [2.24, 2.45) is 10.7 Å². The molecular weight excluding hydrogens is 221 g/mol. The third-order valence-electron chi connectivity index (χ3n) is 2.94. The molecule has 0 fully saturated rings. The van der Waals surface area contributed by atoms with Crippen molar-refractivity contribution in [3.05, 3.63) is 29.6 Å². The summed E-state index contributed by atoms with van der Waals surface area (Å²) in [7, 11) is 0. The number of aliphatic imine (C=N–C) groups is 1. The van der Waals surface area contributed by atoms with Gasteiger partial charge in [0.1, 0.15) is 0 Å². The molecule has 0 bridgehead atoms. The molecule has 4 nitrogen and oxygen atoms in total. The molecule has 1 aromatic rings. The molecule has 0 saturated heterocycles. The molecule has 0 amide bonds. The van der Waals surface area contributed by atoms with E-state index in [0.717, 1.165) is 5.56 Å². The first-order valence-corrected chi connectivity index (χ1v) is 5.57. The van der Waals surface area contributed by atoms with Crippen LogP contribution in [-0.2, 0) is 0 Å². The normalized spacial score (nSPS) is 19.9. The van der Waals surface area contributed by atoms with Gasteiger partial charge in [0.2, 0.25) is 0 Å². The Hall–Kier alpha value is -1.78. The second-order valence-corrected chi connectivity index (χ2v) is 4.43. The summed E-state index contributed by atoms with van der Waals surface area (Å²) in [6.07, 6.45) is 0. The molecule has 0 spiro atoms. The average Bonchev–Trinajstić information content (AvgIpc) is 2.64. The van der Waals surface area contributed by atoms with Gasteiger partial charge in [-0.15, -0.1) is 0 Å². The summed E-state index contributed by atoms with van der Waals surface area (Å²) in [5.74, 6) is -0.466. The highest BCUT2D eigenvalue weighted by Gasteiger charge is 2.29. The first kappa shape index (κ1) is 11.7. The van der Waals surface area contributed by atoms with Crippen LogP contribution in [0, 0.1) is 5.82 Å². The largest absolute Gasteiger partial charge is 0.505 e. The molecule has 0 aliphatic carbocycles. The first-order valence-electron chi connectivity index (χ1n) is 5.57. The van der Waals surface area contributed by atoms with Crippen molar-refractivity contribution in [1.29, 1.82) is 0 Å². The lowest BCUT2D eigenvalue weighted by Crippen LogP contribution is -2.40. The number of benzene rings is 1. The van der Waals surface area contributed by atoms with E-state index in [9.17, 15) is 9.50 Å². The van der Waals surface area contributed by atoms with E-state index < -0.39 is 5.82 Å². The molecular formula is C12H16FN3O. The van der Waals surface area contributed by atoms with Gasteiger partial charge in [-0.05, 0) is 31.5 Å². The van der Waals surface area contributed by atoms with Crippen molar-refractivity contribution in [3.8, 4) is 5.75 Å². The second kappa shape index (κ2) is 4.24. The molecule has 17 heavy (non-hydrogen) atoms. The molecule has 1 unspecified atom stereocenters. The maximum absolute atomic E-state index is 13.3. The highest BCUT2D eigenvalue weighted by molar-refractivity contribution is 5.80. The topological polar surface area (TPSA) is 61.8 Å².